The molecule has 13 heavy (non-hydrogen) atoms. The molecule has 0 unspecified atom stereocenters. The number of nitrogens with zero attached hydrogens (tertiary/aromatic N) is 1. The molecule has 2 N–H and O–H groups in total. The standard InChI is InChI=1S/C7H8N2O3S/c1-5(10)7-3-2-6(4-9-7)13(8,11)12/h2-4H,1H3,(H2,8,11,12). The third-order valence-electron chi connectivity index (χ3n) is 1.43. The Morgan fingerprint density at radius 1 is 1.46 bits per heavy atom. The highest BCUT2D eigenvalue weighted by Crippen LogP contribution is 2.05. The van der Waals surface area contributed by atoms with E-state index in [1.54, 1.807) is 0 Å². The zero-order valence-electron chi connectivity index (χ0n) is 6.89. The van der Waals surface area contributed by atoms with Crippen molar-refractivity contribution in [2.45, 2.75) is 11.8 Å². The van der Waals surface area contributed by atoms with Gasteiger partial charge in [-0.05, 0) is 12.1 Å². The molecule has 0 atom stereocenters. The number of carbonyl (C=O) groups excluding carboxylic acids is 1. The maximum atomic E-state index is 10.8. The molecule has 0 radical (unpaired) electrons. The summed E-state index contributed by atoms with van der Waals surface area (Å²) < 4.78 is 21.5. The van der Waals surface area contributed by atoms with Crippen LogP contribution in [0.15, 0.2) is 23.2 Å². The minimum Gasteiger partial charge on any atom is -0.293 e. The molecule has 0 bridgehead atoms. The fourth-order valence-corrected chi connectivity index (χ4v) is 1.21. The third kappa shape index (κ3) is 2.33. The Morgan fingerprint density at radius 3 is 2.38 bits per heavy atom. The second-order valence-electron chi connectivity index (χ2n) is 2.48. The van der Waals surface area contributed by atoms with Crippen LogP contribution in [0.5, 0.6) is 0 Å². The van der Waals surface area contributed by atoms with Crippen molar-refractivity contribution in [2.75, 3.05) is 0 Å². The van der Waals surface area contributed by atoms with Gasteiger partial charge >= 0.3 is 0 Å². The van der Waals surface area contributed by atoms with Gasteiger partial charge in [-0.2, -0.15) is 0 Å². The van der Waals surface area contributed by atoms with Crippen LogP contribution in [0.3, 0.4) is 0 Å². The maximum absolute atomic E-state index is 10.8. The molecule has 0 saturated heterocycles. The first-order valence-corrected chi connectivity index (χ1v) is 4.95. The van der Waals surface area contributed by atoms with Gasteiger partial charge in [0.05, 0.1) is 0 Å². The van der Waals surface area contributed by atoms with Gasteiger partial charge in [-0.15, -0.1) is 0 Å². The van der Waals surface area contributed by atoms with E-state index in [2.05, 4.69) is 4.98 Å². The largest absolute Gasteiger partial charge is 0.293 e. The summed E-state index contributed by atoms with van der Waals surface area (Å²) in [5.74, 6) is -0.221. The summed E-state index contributed by atoms with van der Waals surface area (Å²) in [5.41, 5.74) is 0.215. The Balaban J connectivity index is 3.16. The molecule has 0 spiro atoms. The molecule has 5 nitrogen and oxygen atoms in total. The molecule has 0 aromatic carbocycles. The molecule has 0 aliphatic rings. The third-order valence-corrected chi connectivity index (χ3v) is 2.32. The summed E-state index contributed by atoms with van der Waals surface area (Å²) in [6.45, 7) is 1.35. The van der Waals surface area contributed by atoms with Gasteiger partial charge in [0.25, 0.3) is 0 Å². The monoisotopic (exact) mass is 200 g/mol. The fourth-order valence-electron chi connectivity index (χ4n) is 0.757. The summed E-state index contributed by atoms with van der Waals surface area (Å²) in [5, 5.41) is 4.83. The van der Waals surface area contributed by atoms with Crippen LogP contribution in [0.1, 0.15) is 17.4 Å². The van der Waals surface area contributed by atoms with Gasteiger partial charge in [-0.1, -0.05) is 0 Å². The Morgan fingerprint density at radius 2 is 2.08 bits per heavy atom. The minimum absolute atomic E-state index is 0.0995. The van der Waals surface area contributed by atoms with Crippen LogP contribution < -0.4 is 5.14 Å². The van der Waals surface area contributed by atoms with Crippen molar-refractivity contribution in [3.63, 3.8) is 0 Å². The van der Waals surface area contributed by atoms with Crippen molar-refractivity contribution >= 4 is 15.8 Å². The predicted molar refractivity (Wildman–Crippen MR) is 45.6 cm³/mol. The first-order chi connectivity index (χ1) is 5.91. The smallest absolute Gasteiger partial charge is 0.239 e. The van der Waals surface area contributed by atoms with E-state index in [1.165, 1.54) is 19.1 Å². The van der Waals surface area contributed by atoms with Crippen LogP contribution in [0, 0.1) is 0 Å². The number of hydrogen-bond acceptors (Lipinski definition) is 4. The number of Topliss-reactive ketones (excluding diaryl/α,β-unsaturated/α-hetero) is 1. The SMILES string of the molecule is CC(=O)c1ccc(S(N)(=O)=O)cn1. The lowest BCUT2D eigenvalue weighted by molar-refractivity contribution is 0.101. The molecule has 0 saturated carbocycles. The normalized spacial score (nSPS) is 11.2. The highest BCUT2D eigenvalue weighted by molar-refractivity contribution is 7.89. The average molecular weight is 200 g/mol. The Kier molecular flexibility index (Phi) is 2.44. The highest BCUT2D eigenvalue weighted by atomic mass is 32.2. The second kappa shape index (κ2) is 3.23. The molecule has 1 aromatic rings. The molecule has 0 aliphatic carbocycles. The van der Waals surface area contributed by atoms with Crippen molar-refractivity contribution in [3.05, 3.63) is 24.0 Å². The number of primary sulfonamides is 1. The Labute approximate surface area is 75.6 Å². The van der Waals surface area contributed by atoms with E-state index in [4.69, 9.17) is 5.14 Å². The lowest BCUT2D eigenvalue weighted by atomic mass is 10.3. The van der Waals surface area contributed by atoms with Crippen LogP contribution in [0.4, 0.5) is 0 Å². The molecule has 0 aliphatic heterocycles. The quantitative estimate of drug-likeness (QED) is 0.676. The number of rotatable bonds is 2. The number of sulfonamides is 1. The first-order valence-electron chi connectivity index (χ1n) is 3.41. The zero-order chi connectivity index (χ0) is 10.1. The summed E-state index contributed by atoms with van der Waals surface area (Å²) in [6.07, 6.45) is 1.06. The number of nitrogens with two attached hydrogens (primary N) is 1. The fraction of sp³-hybridized carbons (Fsp3) is 0.143. The number of hydrogen-bond donors (Lipinski definition) is 1. The van der Waals surface area contributed by atoms with E-state index >= 15 is 0 Å². The van der Waals surface area contributed by atoms with Crippen LogP contribution in [-0.2, 0) is 10.0 Å². The average Bonchev–Trinajstić information content (AvgIpc) is 2.03. The molecule has 1 aromatic heterocycles. The zero-order valence-corrected chi connectivity index (χ0v) is 7.71. The van der Waals surface area contributed by atoms with Crippen molar-refractivity contribution in [1.29, 1.82) is 0 Å². The van der Waals surface area contributed by atoms with Gasteiger partial charge in [0.2, 0.25) is 10.0 Å². The molecule has 0 amide bonds. The number of aromatic nitrogens is 1. The van der Waals surface area contributed by atoms with E-state index in [0.29, 0.717) is 0 Å². The summed E-state index contributed by atoms with van der Waals surface area (Å²) >= 11 is 0. The van der Waals surface area contributed by atoms with E-state index in [9.17, 15) is 13.2 Å². The van der Waals surface area contributed by atoms with Gasteiger partial charge < -0.3 is 0 Å². The number of pyridine rings is 1. The maximum Gasteiger partial charge on any atom is 0.239 e. The van der Waals surface area contributed by atoms with Crippen LogP contribution in [-0.4, -0.2) is 19.2 Å². The van der Waals surface area contributed by atoms with Crippen LogP contribution in [0.2, 0.25) is 0 Å². The molecule has 1 heterocycles. The van der Waals surface area contributed by atoms with Crippen LogP contribution >= 0.6 is 0 Å². The van der Waals surface area contributed by atoms with Crippen LogP contribution in [0.25, 0.3) is 0 Å². The number of carbonyl (C=O) groups is 1. The van der Waals surface area contributed by atoms with E-state index in [1.807, 2.05) is 0 Å². The topological polar surface area (TPSA) is 90.1 Å². The van der Waals surface area contributed by atoms with Gasteiger partial charge in [0.1, 0.15) is 10.6 Å². The summed E-state index contributed by atoms with van der Waals surface area (Å²) in [7, 11) is -3.72. The lowest BCUT2D eigenvalue weighted by Gasteiger charge is -1.97. The van der Waals surface area contributed by atoms with Gasteiger partial charge in [-0.25, -0.2) is 13.6 Å². The second-order valence-corrected chi connectivity index (χ2v) is 4.04. The van der Waals surface area contributed by atoms with E-state index in [-0.39, 0.29) is 16.4 Å². The van der Waals surface area contributed by atoms with Crippen molar-refractivity contribution in [1.82, 2.24) is 4.98 Å². The lowest BCUT2D eigenvalue weighted by Crippen LogP contribution is -2.12. The van der Waals surface area contributed by atoms with Crippen molar-refractivity contribution < 1.29 is 13.2 Å². The predicted octanol–water partition coefficient (Wildman–Crippen LogP) is -0.0684. The molecular weight excluding hydrogens is 192 g/mol. The molecule has 70 valence electrons. The highest BCUT2D eigenvalue weighted by Gasteiger charge is 2.08. The van der Waals surface area contributed by atoms with Crippen molar-refractivity contribution in [3.8, 4) is 0 Å². The Hall–Kier alpha value is -1.27. The molecule has 1 rings (SSSR count). The van der Waals surface area contributed by atoms with E-state index in [0.717, 1.165) is 6.20 Å². The van der Waals surface area contributed by atoms with E-state index < -0.39 is 10.0 Å². The van der Waals surface area contributed by atoms with Gasteiger partial charge in [0.15, 0.2) is 5.78 Å². The Bertz CT molecular complexity index is 422. The number of ketones is 1. The van der Waals surface area contributed by atoms with Crippen molar-refractivity contribution in [2.24, 2.45) is 5.14 Å². The van der Waals surface area contributed by atoms with Gasteiger partial charge in [0, 0.05) is 13.1 Å². The van der Waals surface area contributed by atoms with Gasteiger partial charge in [-0.3, -0.25) is 9.78 Å². The molecule has 6 heteroatoms. The summed E-state index contributed by atoms with van der Waals surface area (Å²) in [6, 6.07) is 2.57. The molecule has 0 fully saturated rings. The summed E-state index contributed by atoms with van der Waals surface area (Å²) in [4.78, 5) is 14.3. The molecular formula is C7H8N2O3S. The first kappa shape index (κ1) is 9.82. The minimum atomic E-state index is -3.72.